The highest BCUT2D eigenvalue weighted by molar-refractivity contribution is 6.00. The molecule has 0 saturated heterocycles. The van der Waals surface area contributed by atoms with Gasteiger partial charge in [-0.2, -0.15) is 5.26 Å². The van der Waals surface area contributed by atoms with E-state index in [0.717, 1.165) is 5.69 Å². The topological polar surface area (TPSA) is 78.9 Å². The molecule has 2 aromatic rings. The summed E-state index contributed by atoms with van der Waals surface area (Å²) in [5.41, 5.74) is 8.63. The average Bonchev–Trinajstić information content (AvgIpc) is 2.41. The number of nitrogen functional groups attached to an aromatic ring is 1. The molecule has 0 saturated carbocycles. The van der Waals surface area contributed by atoms with Gasteiger partial charge >= 0.3 is 0 Å². The Morgan fingerprint density at radius 3 is 2.68 bits per heavy atom. The molecule has 0 aliphatic carbocycles. The van der Waals surface area contributed by atoms with Gasteiger partial charge in [-0.05, 0) is 37.3 Å². The number of ketones is 1. The van der Waals surface area contributed by atoms with Crippen molar-refractivity contribution in [2.75, 3.05) is 11.1 Å². The Labute approximate surface area is 111 Å². The summed E-state index contributed by atoms with van der Waals surface area (Å²) in [7, 11) is 0. The number of benzene rings is 2. The number of anilines is 3. The van der Waals surface area contributed by atoms with Crippen molar-refractivity contribution in [3.05, 3.63) is 53.6 Å². The standard InChI is InChI=1S/C15H13N3O/c1-10(19)13-8-12(6-7-14(13)17)18-15-5-3-2-4-11(15)9-16/h2-8,18H,17H2,1H3. The van der Waals surface area contributed by atoms with Gasteiger partial charge in [-0.25, -0.2) is 0 Å². The molecule has 0 aromatic heterocycles. The van der Waals surface area contributed by atoms with Crippen LogP contribution in [-0.2, 0) is 0 Å². The Hall–Kier alpha value is -2.80. The number of carbonyl (C=O) groups is 1. The van der Waals surface area contributed by atoms with Crippen LogP contribution in [0.1, 0.15) is 22.8 Å². The van der Waals surface area contributed by atoms with Crippen molar-refractivity contribution in [2.24, 2.45) is 0 Å². The van der Waals surface area contributed by atoms with Crippen LogP contribution in [0.5, 0.6) is 0 Å². The van der Waals surface area contributed by atoms with Gasteiger partial charge in [0.25, 0.3) is 0 Å². The number of nitriles is 1. The van der Waals surface area contributed by atoms with E-state index in [1.807, 2.05) is 12.1 Å². The van der Waals surface area contributed by atoms with E-state index in [0.29, 0.717) is 22.5 Å². The van der Waals surface area contributed by atoms with E-state index in [-0.39, 0.29) is 5.78 Å². The van der Waals surface area contributed by atoms with Gasteiger partial charge in [0.05, 0.1) is 11.3 Å². The van der Waals surface area contributed by atoms with Crippen LogP contribution in [0.4, 0.5) is 17.1 Å². The smallest absolute Gasteiger partial charge is 0.161 e. The number of nitrogens with one attached hydrogen (secondary N) is 1. The second-order valence-corrected chi connectivity index (χ2v) is 4.14. The van der Waals surface area contributed by atoms with Crippen LogP contribution in [0.2, 0.25) is 0 Å². The number of nitrogens with two attached hydrogens (primary N) is 1. The lowest BCUT2D eigenvalue weighted by atomic mass is 10.1. The Morgan fingerprint density at radius 1 is 1.26 bits per heavy atom. The first-order chi connectivity index (χ1) is 9.11. The van der Waals surface area contributed by atoms with Gasteiger partial charge < -0.3 is 11.1 Å². The quantitative estimate of drug-likeness (QED) is 0.649. The monoisotopic (exact) mass is 251 g/mol. The second-order valence-electron chi connectivity index (χ2n) is 4.14. The molecular weight excluding hydrogens is 238 g/mol. The molecule has 0 radical (unpaired) electrons. The third-order valence-electron chi connectivity index (χ3n) is 2.76. The maximum Gasteiger partial charge on any atom is 0.161 e. The van der Waals surface area contributed by atoms with Gasteiger partial charge in [-0.15, -0.1) is 0 Å². The summed E-state index contributed by atoms with van der Waals surface area (Å²) in [5.74, 6) is -0.0882. The lowest BCUT2D eigenvalue weighted by molar-refractivity contribution is 0.101. The molecule has 2 rings (SSSR count). The molecule has 4 heteroatoms. The fourth-order valence-corrected chi connectivity index (χ4v) is 1.78. The molecule has 0 spiro atoms. The largest absolute Gasteiger partial charge is 0.398 e. The van der Waals surface area contributed by atoms with E-state index in [9.17, 15) is 4.79 Å². The van der Waals surface area contributed by atoms with Crippen molar-refractivity contribution in [1.82, 2.24) is 0 Å². The third-order valence-corrected chi connectivity index (χ3v) is 2.76. The van der Waals surface area contributed by atoms with E-state index >= 15 is 0 Å². The van der Waals surface area contributed by atoms with E-state index in [1.54, 1.807) is 30.3 Å². The maximum absolute atomic E-state index is 11.4. The Balaban J connectivity index is 2.37. The Morgan fingerprint density at radius 2 is 2.00 bits per heavy atom. The highest BCUT2D eigenvalue weighted by Crippen LogP contribution is 2.23. The minimum Gasteiger partial charge on any atom is -0.398 e. The van der Waals surface area contributed by atoms with Crippen molar-refractivity contribution in [2.45, 2.75) is 6.92 Å². The summed E-state index contributed by atoms with van der Waals surface area (Å²) in [6.45, 7) is 1.47. The zero-order valence-corrected chi connectivity index (χ0v) is 10.5. The van der Waals surface area contributed by atoms with Crippen LogP contribution in [0, 0.1) is 11.3 Å². The normalized spacial score (nSPS) is 9.68. The summed E-state index contributed by atoms with van der Waals surface area (Å²) in [6, 6.07) is 14.4. The van der Waals surface area contributed by atoms with Crippen molar-refractivity contribution in [3.63, 3.8) is 0 Å². The molecule has 4 nitrogen and oxygen atoms in total. The number of carbonyl (C=O) groups excluding carboxylic acids is 1. The van der Waals surface area contributed by atoms with Gasteiger partial charge in [0, 0.05) is 16.9 Å². The zero-order chi connectivity index (χ0) is 13.8. The Kier molecular flexibility index (Phi) is 3.48. The lowest BCUT2D eigenvalue weighted by Crippen LogP contribution is -2.01. The Bertz CT molecular complexity index is 671. The molecule has 0 aliphatic heterocycles. The predicted molar refractivity (Wildman–Crippen MR) is 75.3 cm³/mol. The fraction of sp³-hybridized carbons (Fsp3) is 0.0667. The van der Waals surface area contributed by atoms with Crippen LogP contribution >= 0.6 is 0 Å². The van der Waals surface area contributed by atoms with Crippen LogP contribution in [-0.4, -0.2) is 5.78 Å². The number of nitrogens with zero attached hydrogens (tertiary/aromatic N) is 1. The molecule has 0 bridgehead atoms. The van der Waals surface area contributed by atoms with Crippen LogP contribution in [0.3, 0.4) is 0 Å². The molecule has 2 aromatic carbocycles. The molecular formula is C15H13N3O. The number of Topliss-reactive ketones (excluding diaryl/α,β-unsaturated/α-hetero) is 1. The second kappa shape index (κ2) is 5.23. The van der Waals surface area contributed by atoms with Crippen molar-refractivity contribution in [3.8, 4) is 6.07 Å². The lowest BCUT2D eigenvalue weighted by Gasteiger charge is -2.10. The minimum atomic E-state index is -0.0882. The number of hydrogen-bond acceptors (Lipinski definition) is 4. The van der Waals surface area contributed by atoms with Crippen LogP contribution < -0.4 is 11.1 Å². The van der Waals surface area contributed by atoms with E-state index < -0.39 is 0 Å². The maximum atomic E-state index is 11.4. The van der Waals surface area contributed by atoms with Crippen molar-refractivity contribution < 1.29 is 4.79 Å². The van der Waals surface area contributed by atoms with Crippen LogP contribution in [0.15, 0.2) is 42.5 Å². The van der Waals surface area contributed by atoms with E-state index in [2.05, 4.69) is 11.4 Å². The first-order valence-corrected chi connectivity index (χ1v) is 5.78. The molecule has 3 N–H and O–H groups in total. The average molecular weight is 251 g/mol. The van der Waals surface area contributed by atoms with Gasteiger partial charge in [0.1, 0.15) is 6.07 Å². The first-order valence-electron chi connectivity index (χ1n) is 5.78. The predicted octanol–water partition coefficient (Wildman–Crippen LogP) is 3.09. The summed E-state index contributed by atoms with van der Waals surface area (Å²) in [6.07, 6.45) is 0. The SMILES string of the molecule is CC(=O)c1cc(Nc2ccccc2C#N)ccc1N. The molecule has 0 fully saturated rings. The molecule has 0 atom stereocenters. The van der Waals surface area contributed by atoms with Crippen LogP contribution in [0.25, 0.3) is 0 Å². The molecule has 0 aliphatic rings. The zero-order valence-electron chi connectivity index (χ0n) is 10.5. The highest BCUT2D eigenvalue weighted by Gasteiger charge is 2.07. The van der Waals surface area contributed by atoms with E-state index in [1.165, 1.54) is 6.92 Å². The van der Waals surface area contributed by atoms with Gasteiger partial charge in [-0.3, -0.25) is 4.79 Å². The molecule has 19 heavy (non-hydrogen) atoms. The van der Waals surface area contributed by atoms with E-state index in [4.69, 9.17) is 11.0 Å². The first kappa shape index (κ1) is 12.7. The minimum absolute atomic E-state index is 0.0882. The number of rotatable bonds is 3. The summed E-state index contributed by atoms with van der Waals surface area (Å²) in [5, 5.41) is 12.1. The van der Waals surface area contributed by atoms with Gasteiger partial charge in [0.15, 0.2) is 5.78 Å². The summed E-state index contributed by atoms with van der Waals surface area (Å²) < 4.78 is 0. The van der Waals surface area contributed by atoms with Gasteiger partial charge in [0.2, 0.25) is 0 Å². The van der Waals surface area contributed by atoms with Gasteiger partial charge in [-0.1, -0.05) is 12.1 Å². The summed E-state index contributed by atoms with van der Waals surface area (Å²) >= 11 is 0. The highest BCUT2D eigenvalue weighted by atomic mass is 16.1. The number of hydrogen-bond donors (Lipinski definition) is 2. The molecule has 0 amide bonds. The number of para-hydroxylation sites is 1. The summed E-state index contributed by atoms with van der Waals surface area (Å²) in [4.78, 5) is 11.4. The fourth-order valence-electron chi connectivity index (χ4n) is 1.78. The molecule has 94 valence electrons. The molecule has 0 heterocycles. The van der Waals surface area contributed by atoms with Crippen molar-refractivity contribution in [1.29, 1.82) is 5.26 Å². The third kappa shape index (κ3) is 2.72. The van der Waals surface area contributed by atoms with Crippen molar-refractivity contribution >= 4 is 22.8 Å². The molecule has 0 unspecified atom stereocenters.